The normalized spacial score (nSPS) is 14.7. The zero-order valence-electron chi connectivity index (χ0n) is 15.9. The number of halogens is 1. The van der Waals surface area contributed by atoms with E-state index in [4.69, 9.17) is 20.8 Å². The Balaban J connectivity index is 1.23. The highest BCUT2D eigenvalue weighted by atomic mass is 35.5. The highest BCUT2D eigenvalue weighted by molar-refractivity contribution is 6.30. The first-order chi connectivity index (χ1) is 14.2. The Morgan fingerprint density at radius 1 is 1.10 bits per heavy atom. The molecule has 1 N–H and O–H groups in total. The third-order valence-electron chi connectivity index (χ3n) is 5.03. The Hall–Kier alpha value is -2.90. The molecule has 1 aliphatic heterocycles. The average Bonchev–Trinajstić information content (AvgIpc) is 3.30. The van der Waals surface area contributed by atoms with Crippen molar-refractivity contribution in [3.05, 3.63) is 65.5 Å². The first-order valence-electron chi connectivity index (χ1n) is 9.57. The van der Waals surface area contributed by atoms with Crippen LogP contribution in [0.1, 0.15) is 10.4 Å². The van der Waals surface area contributed by atoms with Gasteiger partial charge in [-0.15, -0.1) is 10.2 Å². The van der Waals surface area contributed by atoms with Crippen LogP contribution >= 0.6 is 11.6 Å². The smallest absolute Gasteiger partial charge is 0.254 e. The van der Waals surface area contributed by atoms with Crippen LogP contribution in [0.5, 0.6) is 5.75 Å². The van der Waals surface area contributed by atoms with E-state index in [0.717, 1.165) is 44.0 Å². The number of quaternary nitrogens is 1. The van der Waals surface area contributed by atoms with Crippen LogP contribution < -0.4 is 9.64 Å². The second-order valence-electron chi connectivity index (χ2n) is 6.92. The van der Waals surface area contributed by atoms with Gasteiger partial charge in [-0.05, 0) is 48.5 Å². The summed E-state index contributed by atoms with van der Waals surface area (Å²) in [5.74, 6) is 1.33. The number of nitrogens with one attached hydrogen (secondary N) is 1. The standard InChI is InChI=1S/C21H21ClN4O3/c22-18-5-7-19(8-6-18)28-14-13-25-9-11-26(12-10-25)21(27)17-3-1-16(2-4-17)20-24-23-15-29-20/h1-8,15H,9-14H2/p+1. The maximum absolute atomic E-state index is 12.8. The lowest BCUT2D eigenvalue weighted by molar-refractivity contribution is -0.903. The van der Waals surface area contributed by atoms with Gasteiger partial charge in [-0.3, -0.25) is 4.79 Å². The van der Waals surface area contributed by atoms with Crippen molar-refractivity contribution < 1.29 is 18.8 Å². The number of hydrogen-bond acceptors (Lipinski definition) is 5. The van der Waals surface area contributed by atoms with Gasteiger partial charge < -0.3 is 19.0 Å². The van der Waals surface area contributed by atoms with E-state index in [1.54, 1.807) is 12.1 Å². The monoisotopic (exact) mass is 413 g/mol. The van der Waals surface area contributed by atoms with Crippen LogP contribution in [0.2, 0.25) is 5.02 Å². The van der Waals surface area contributed by atoms with E-state index in [1.165, 1.54) is 11.3 Å². The molecule has 0 bridgehead atoms. The van der Waals surface area contributed by atoms with Gasteiger partial charge in [-0.25, -0.2) is 0 Å². The lowest BCUT2D eigenvalue weighted by Crippen LogP contribution is -3.15. The summed E-state index contributed by atoms with van der Waals surface area (Å²) in [5, 5.41) is 8.25. The van der Waals surface area contributed by atoms with Crippen molar-refractivity contribution in [1.29, 1.82) is 0 Å². The summed E-state index contributed by atoms with van der Waals surface area (Å²) < 4.78 is 10.9. The fraction of sp³-hybridized carbons (Fsp3) is 0.286. The molecule has 2 heterocycles. The predicted octanol–water partition coefficient (Wildman–Crippen LogP) is 1.81. The second-order valence-corrected chi connectivity index (χ2v) is 7.35. The zero-order valence-corrected chi connectivity index (χ0v) is 16.6. The van der Waals surface area contributed by atoms with Crippen molar-refractivity contribution in [2.45, 2.75) is 0 Å². The minimum atomic E-state index is 0.0542. The number of aromatic nitrogens is 2. The Kier molecular flexibility index (Phi) is 6.07. The summed E-state index contributed by atoms with van der Waals surface area (Å²) in [5.41, 5.74) is 1.47. The predicted molar refractivity (Wildman–Crippen MR) is 108 cm³/mol. The van der Waals surface area contributed by atoms with Gasteiger partial charge in [0.05, 0.1) is 26.2 Å². The van der Waals surface area contributed by atoms with E-state index in [-0.39, 0.29) is 5.91 Å². The number of carbonyl (C=O) groups is 1. The summed E-state index contributed by atoms with van der Waals surface area (Å²) >= 11 is 5.88. The molecule has 7 nitrogen and oxygen atoms in total. The van der Waals surface area contributed by atoms with Crippen LogP contribution in [-0.4, -0.2) is 60.3 Å². The third kappa shape index (κ3) is 4.93. The molecule has 0 spiro atoms. The Bertz CT molecular complexity index is 922. The molecule has 1 aliphatic rings. The number of ether oxygens (including phenoxy) is 1. The molecule has 0 atom stereocenters. The molecule has 2 aromatic carbocycles. The molecular weight excluding hydrogens is 392 g/mol. The number of amides is 1. The summed E-state index contributed by atoms with van der Waals surface area (Å²) in [6.07, 6.45) is 1.29. The highest BCUT2D eigenvalue weighted by Crippen LogP contribution is 2.17. The summed E-state index contributed by atoms with van der Waals surface area (Å²) in [6.45, 7) is 4.85. The van der Waals surface area contributed by atoms with Gasteiger partial charge >= 0.3 is 0 Å². The van der Waals surface area contributed by atoms with Crippen molar-refractivity contribution in [3.63, 3.8) is 0 Å². The number of piperazine rings is 1. The topological polar surface area (TPSA) is 72.9 Å². The van der Waals surface area contributed by atoms with Crippen molar-refractivity contribution >= 4 is 17.5 Å². The Morgan fingerprint density at radius 2 is 1.83 bits per heavy atom. The summed E-state index contributed by atoms with van der Waals surface area (Å²) in [4.78, 5) is 16.1. The number of hydrogen-bond donors (Lipinski definition) is 1. The molecule has 1 saturated heterocycles. The minimum Gasteiger partial charge on any atom is -0.488 e. The van der Waals surface area contributed by atoms with Crippen LogP contribution in [0.15, 0.2) is 59.3 Å². The molecule has 3 aromatic rings. The fourth-order valence-electron chi connectivity index (χ4n) is 3.36. The van der Waals surface area contributed by atoms with Crippen molar-refractivity contribution in [1.82, 2.24) is 15.1 Å². The van der Waals surface area contributed by atoms with Gasteiger partial charge in [0.1, 0.15) is 18.9 Å². The van der Waals surface area contributed by atoms with Crippen LogP contribution in [0.25, 0.3) is 11.5 Å². The van der Waals surface area contributed by atoms with E-state index in [9.17, 15) is 4.79 Å². The molecule has 150 valence electrons. The van der Waals surface area contributed by atoms with Crippen molar-refractivity contribution in [2.24, 2.45) is 0 Å². The molecule has 1 aromatic heterocycles. The average molecular weight is 414 g/mol. The number of carbonyl (C=O) groups excluding carboxylic acids is 1. The van der Waals surface area contributed by atoms with Gasteiger partial charge in [0.25, 0.3) is 5.91 Å². The number of rotatable bonds is 6. The Morgan fingerprint density at radius 3 is 2.48 bits per heavy atom. The van der Waals surface area contributed by atoms with Gasteiger partial charge in [-0.1, -0.05) is 11.6 Å². The van der Waals surface area contributed by atoms with E-state index in [2.05, 4.69) is 10.2 Å². The van der Waals surface area contributed by atoms with Crippen molar-refractivity contribution in [3.8, 4) is 17.2 Å². The van der Waals surface area contributed by atoms with Gasteiger partial charge in [0.2, 0.25) is 12.3 Å². The largest absolute Gasteiger partial charge is 0.488 e. The van der Waals surface area contributed by atoms with E-state index < -0.39 is 0 Å². The number of nitrogens with zero attached hydrogens (tertiary/aromatic N) is 3. The van der Waals surface area contributed by atoms with Gasteiger partial charge in [-0.2, -0.15) is 0 Å². The summed E-state index contributed by atoms with van der Waals surface area (Å²) in [7, 11) is 0. The third-order valence-corrected chi connectivity index (χ3v) is 5.29. The zero-order chi connectivity index (χ0) is 20.1. The Labute approximate surface area is 173 Å². The maximum Gasteiger partial charge on any atom is 0.254 e. The summed E-state index contributed by atoms with van der Waals surface area (Å²) in [6, 6.07) is 14.7. The van der Waals surface area contributed by atoms with E-state index in [1.807, 2.05) is 41.3 Å². The van der Waals surface area contributed by atoms with Crippen LogP contribution in [0.4, 0.5) is 0 Å². The van der Waals surface area contributed by atoms with E-state index >= 15 is 0 Å². The molecule has 0 aliphatic carbocycles. The van der Waals surface area contributed by atoms with Gasteiger partial charge in [0.15, 0.2) is 0 Å². The molecule has 1 fully saturated rings. The van der Waals surface area contributed by atoms with Crippen molar-refractivity contribution in [2.75, 3.05) is 39.3 Å². The minimum absolute atomic E-state index is 0.0542. The molecule has 8 heteroatoms. The SMILES string of the molecule is O=C(c1ccc(-c2nnco2)cc1)N1CC[NH+](CCOc2ccc(Cl)cc2)CC1. The molecule has 0 saturated carbocycles. The first-order valence-corrected chi connectivity index (χ1v) is 9.94. The molecule has 0 unspecified atom stereocenters. The van der Waals surface area contributed by atoms with Crippen LogP contribution in [0, 0.1) is 0 Å². The molecule has 4 rings (SSSR count). The van der Waals surface area contributed by atoms with Crippen LogP contribution in [-0.2, 0) is 0 Å². The van der Waals surface area contributed by atoms with Gasteiger partial charge in [0, 0.05) is 16.1 Å². The fourth-order valence-corrected chi connectivity index (χ4v) is 3.48. The number of benzene rings is 2. The molecule has 29 heavy (non-hydrogen) atoms. The molecule has 0 radical (unpaired) electrons. The highest BCUT2D eigenvalue weighted by Gasteiger charge is 2.24. The second kappa shape index (κ2) is 9.07. The molecule has 1 amide bonds. The first kappa shape index (κ1) is 19.4. The quantitative estimate of drug-likeness (QED) is 0.667. The molecular formula is C21H22ClN4O3+. The lowest BCUT2D eigenvalue weighted by Gasteiger charge is -2.32. The maximum atomic E-state index is 12.8. The lowest BCUT2D eigenvalue weighted by atomic mass is 10.1. The van der Waals surface area contributed by atoms with Crippen LogP contribution in [0.3, 0.4) is 0 Å². The van der Waals surface area contributed by atoms with E-state index in [0.29, 0.717) is 23.1 Å².